The quantitative estimate of drug-likeness (QED) is 0.364. The van der Waals surface area contributed by atoms with Gasteiger partial charge in [-0.2, -0.15) is 0 Å². The van der Waals surface area contributed by atoms with Crippen LogP contribution in [0.25, 0.3) is 0 Å². The largest absolute Gasteiger partial charge is 0.492 e. The summed E-state index contributed by atoms with van der Waals surface area (Å²) in [6.45, 7) is 1.19. The first-order valence-corrected chi connectivity index (χ1v) is 13.2. The van der Waals surface area contributed by atoms with Gasteiger partial charge in [-0.3, -0.25) is 14.4 Å². The molecule has 0 unspecified atom stereocenters. The van der Waals surface area contributed by atoms with Crippen LogP contribution in [0.5, 0.6) is 11.5 Å². The number of amides is 2. The Morgan fingerprint density at radius 3 is 2.05 bits per heavy atom. The molecule has 0 aliphatic heterocycles. The Morgan fingerprint density at radius 2 is 1.49 bits per heavy atom. The molecule has 2 amide bonds. The number of hydrogen-bond donors (Lipinski definition) is 3. The van der Waals surface area contributed by atoms with E-state index in [4.69, 9.17) is 26.2 Å². The molecule has 0 spiro atoms. The first kappa shape index (κ1) is 26.8. The minimum Gasteiger partial charge on any atom is -0.492 e. The topological polar surface area (TPSA) is 114 Å². The van der Waals surface area contributed by atoms with E-state index >= 15 is 0 Å². The van der Waals surface area contributed by atoms with Gasteiger partial charge in [-0.05, 0) is 86.9 Å². The number of halogens is 1. The van der Waals surface area contributed by atoms with Crippen LogP contribution < -0.4 is 20.1 Å². The van der Waals surface area contributed by atoms with Crippen molar-refractivity contribution in [2.24, 2.45) is 11.8 Å². The number of carboxylic acid groups (broad SMARTS) is 1. The maximum atomic E-state index is 12.4. The van der Waals surface area contributed by atoms with Crippen molar-refractivity contribution in [3.8, 4) is 11.5 Å². The second-order valence-electron chi connectivity index (χ2n) is 9.72. The van der Waals surface area contributed by atoms with Crippen LogP contribution in [-0.4, -0.2) is 48.7 Å². The lowest BCUT2D eigenvalue weighted by atomic mass is 9.86. The number of rotatable bonds is 11. The lowest BCUT2D eigenvalue weighted by molar-refractivity contribution is -0.143. The highest BCUT2D eigenvalue weighted by atomic mass is 35.5. The van der Waals surface area contributed by atoms with Gasteiger partial charge in [0.05, 0.1) is 23.7 Å². The maximum absolute atomic E-state index is 12.4. The molecule has 2 aliphatic rings. The molecule has 2 saturated carbocycles. The second-order valence-corrected chi connectivity index (χ2v) is 10.1. The Kier molecular flexibility index (Phi) is 9.28. The van der Waals surface area contributed by atoms with Gasteiger partial charge < -0.3 is 25.2 Å². The summed E-state index contributed by atoms with van der Waals surface area (Å²) in [6, 6.07) is 11.8. The van der Waals surface area contributed by atoms with Gasteiger partial charge >= 0.3 is 5.97 Å². The van der Waals surface area contributed by atoms with Crippen LogP contribution in [0.15, 0.2) is 42.5 Å². The van der Waals surface area contributed by atoms with Crippen LogP contribution in [0, 0.1) is 11.8 Å². The molecular weight excluding hydrogens is 496 g/mol. The van der Waals surface area contributed by atoms with Crippen LogP contribution >= 0.6 is 11.6 Å². The van der Waals surface area contributed by atoms with Gasteiger partial charge in [0, 0.05) is 24.2 Å². The molecule has 0 atom stereocenters. The molecule has 4 rings (SSSR count). The van der Waals surface area contributed by atoms with Crippen molar-refractivity contribution in [2.45, 2.75) is 51.0 Å². The zero-order chi connectivity index (χ0) is 26.2. The fourth-order valence-corrected chi connectivity index (χ4v) is 4.72. The Bertz CT molecular complexity index is 1090. The van der Waals surface area contributed by atoms with Crippen molar-refractivity contribution >= 4 is 29.4 Å². The fourth-order valence-electron chi connectivity index (χ4n) is 4.49. The Hall–Kier alpha value is -3.26. The molecule has 2 aliphatic carbocycles. The zero-order valence-electron chi connectivity index (χ0n) is 20.7. The minimum atomic E-state index is -0.740. The van der Waals surface area contributed by atoms with Gasteiger partial charge in [-0.25, -0.2) is 0 Å². The highest BCUT2D eigenvalue weighted by Gasteiger charge is 2.27. The normalized spacial score (nSPS) is 19.4. The van der Waals surface area contributed by atoms with Crippen molar-refractivity contribution in [3.05, 3.63) is 58.6 Å². The summed E-state index contributed by atoms with van der Waals surface area (Å²) < 4.78 is 11.7. The third-order valence-electron chi connectivity index (χ3n) is 7.03. The first-order chi connectivity index (χ1) is 17.9. The van der Waals surface area contributed by atoms with Crippen LogP contribution in [0.1, 0.15) is 65.7 Å². The molecule has 9 heteroatoms. The molecule has 198 valence electrons. The van der Waals surface area contributed by atoms with Crippen molar-refractivity contribution in [1.29, 1.82) is 0 Å². The molecule has 0 bridgehead atoms. The number of carbonyl (C=O) groups is 3. The lowest BCUT2D eigenvalue weighted by Gasteiger charge is -2.26. The highest BCUT2D eigenvalue weighted by molar-refractivity contribution is 6.32. The molecule has 2 aromatic rings. The summed E-state index contributed by atoms with van der Waals surface area (Å²) in [7, 11) is 0. The SMILES string of the molecule is O=C(NCCNC(=O)c1ccc(OCC2CCC2)c(Cl)c1)c1ccc(OC2CCC(C(=O)O)CC2)cc1. The zero-order valence-corrected chi connectivity index (χ0v) is 21.5. The smallest absolute Gasteiger partial charge is 0.306 e. The Labute approximate surface area is 221 Å². The number of aliphatic carboxylic acids is 1. The highest BCUT2D eigenvalue weighted by Crippen LogP contribution is 2.30. The van der Waals surface area contributed by atoms with E-state index in [9.17, 15) is 14.4 Å². The Morgan fingerprint density at radius 1 is 0.865 bits per heavy atom. The average molecular weight is 529 g/mol. The minimum absolute atomic E-state index is 0.00942. The summed E-state index contributed by atoms with van der Waals surface area (Å²) in [5.74, 6) is 0.281. The van der Waals surface area contributed by atoms with Gasteiger partial charge in [0.2, 0.25) is 0 Å². The third kappa shape index (κ3) is 7.61. The maximum Gasteiger partial charge on any atom is 0.306 e. The molecule has 0 aromatic heterocycles. The van der Waals surface area contributed by atoms with Gasteiger partial charge in [-0.15, -0.1) is 0 Å². The number of carboxylic acids is 1. The van der Waals surface area contributed by atoms with E-state index in [2.05, 4.69) is 10.6 Å². The number of carbonyl (C=O) groups excluding carboxylic acids is 2. The molecular formula is C28H33ClN2O6. The van der Waals surface area contributed by atoms with Crippen molar-refractivity contribution < 1.29 is 29.0 Å². The molecule has 37 heavy (non-hydrogen) atoms. The molecule has 8 nitrogen and oxygen atoms in total. The van der Waals surface area contributed by atoms with E-state index in [1.54, 1.807) is 42.5 Å². The monoisotopic (exact) mass is 528 g/mol. The number of nitrogens with one attached hydrogen (secondary N) is 2. The molecule has 3 N–H and O–H groups in total. The van der Waals surface area contributed by atoms with Gasteiger partial charge in [0.1, 0.15) is 11.5 Å². The predicted octanol–water partition coefficient (Wildman–Crippen LogP) is 4.70. The van der Waals surface area contributed by atoms with Crippen LogP contribution in [0.4, 0.5) is 0 Å². The first-order valence-electron chi connectivity index (χ1n) is 12.9. The molecule has 0 heterocycles. The molecule has 0 radical (unpaired) electrons. The van der Waals surface area contributed by atoms with Crippen molar-refractivity contribution in [3.63, 3.8) is 0 Å². The summed E-state index contributed by atoms with van der Waals surface area (Å²) in [4.78, 5) is 35.9. The van der Waals surface area contributed by atoms with Crippen LogP contribution in [-0.2, 0) is 4.79 Å². The summed E-state index contributed by atoms with van der Waals surface area (Å²) in [5, 5.41) is 15.1. The second kappa shape index (κ2) is 12.8. The molecule has 0 saturated heterocycles. The number of hydrogen-bond acceptors (Lipinski definition) is 5. The molecule has 2 fully saturated rings. The van der Waals surface area contributed by atoms with E-state index in [1.165, 1.54) is 19.3 Å². The summed E-state index contributed by atoms with van der Waals surface area (Å²) >= 11 is 6.28. The number of ether oxygens (including phenoxy) is 2. The van der Waals surface area contributed by atoms with E-state index in [0.717, 1.165) is 0 Å². The number of benzene rings is 2. The average Bonchev–Trinajstić information content (AvgIpc) is 2.87. The van der Waals surface area contributed by atoms with Crippen molar-refractivity contribution in [2.75, 3.05) is 19.7 Å². The summed E-state index contributed by atoms with van der Waals surface area (Å²) in [5.41, 5.74) is 0.914. The predicted molar refractivity (Wildman–Crippen MR) is 139 cm³/mol. The van der Waals surface area contributed by atoms with Crippen LogP contribution in [0.3, 0.4) is 0 Å². The van der Waals surface area contributed by atoms with Gasteiger partial charge in [0.25, 0.3) is 11.8 Å². The van der Waals surface area contributed by atoms with E-state index in [1.807, 2.05) is 0 Å². The lowest BCUT2D eigenvalue weighted by Crippen LogP contribution is -2.34. The van der Waals surface area contributed by atoms with Crippen molar-refractivity contribution in [1.82, 2.24) is 10.6 Å². The molecule has 2 aromatic carbocycles. The Balaban J connectivity index is 1.15. The van der Waals surface area contributed by atoms with Crippen LogP contribution in [0.2, 0.25) is 5.02 Å². The van der Waals surface area contributed by atoms with E-state index in [-0.39, 0.29) is 36.9 Å². The standard InChI is InChI=1S/C28H33ClN2O6/c29-24-16-21(8-13-25(24)36-17-18-2-1-3-18)27(33)31-15-14-30-26(32)19-4-9-22(10-5-19)37-23-11-6-20(7-12-23)28(34)35/h4-5,8-10,13,16,18,20,23H,1-3,6-7,11-12,14-15,17H2,(H,30,32)(H,31,33)(H,34,35). The van der Waals surface area contributed by atoms with E-state index in [0.29, 0.717) is 65.9 Å². The van der Waals surface area contributed by atoms with Gasteiger partial charge in [-0.1, -0.05) is 18.0 Å². The third-order valence-corrected chi connectivity index (χ3v) is 7.33. The summed E-state index contributed by atoms with van der Waals surface area (Å²) in [6.07, 6.45) is 6.26. The van der Waals surface area contributed by atoms with E-state index < -0.39 is 5.97 Å². The van der Waals surface area contributed by atoms with Gasteiger partial charge in [0.15, 0.2) is 0 Å². The fraction of sp³-hybridized carbons (Fsp3) is 0.464.